The number of rotatable bonds is 6. The molecule has 5 heteroatoms. The maximum Gasteiger partial charge on any atom is 0.409 e. The maximum atomic E-state index is 11.5. The molecule has 1 heterocycles. The standard InChI is InChI=1S/C12H24N2O3/c1-3-17-12(15)14-8-5-11(6-9-14)13-7-4-10-16-2/h11,13H,3-10H2,1-2H3. The van der Waals surface area contributed by atoms with Crippen LogP contribution in [0.25, 0.3) is 0 Å². The largest absolute Gasteiger partial charge is 0.450 e. The van der Waals surface area contributed by atoms with E-state index in [0.29, 0.717) is 12.6 Å². The molecule has 1 aliphatic heterocycles. The molecule has 0 spiro atoms. The van der Waals surface area contributed by atoms with Gasteiger partial charge < -0.3 is 19.7 Å². The topological polar surface area (TPSA) is 50.8 Å². The highest BCUT2D eigenvalue weighted by Gasteiger charge is 2.22. The lowest BCUT2D eigenvalue weighted by molar-refractivity contribution is 0.0949. The van der Waals surface area contributed by atoms with Gasteiger partial charge >= 0.3 is 6.09 Å². The first-order valence-corrected chi connectivity index (χ1v) is 6.42. The van der Waals surface area contributed by atoms with Crippen molar-refractivity contribution >= 4 is 6.09 Å². The molecule has 1 saturated heterocycles. The number of likely N-dealkylation sites (tertiary alicyclic amines) is 1. The molecule has 0 aromatic rings. The number of hydrogen-bond donors (Lipinski definition) is 1. The number of hydrogen-bond acceptors (Lipinski definition) is 4. The second-order valence-electron chi connectivity index (χ2n) is 4.26. The Morgan fingerprint density at radius 3 is 2.71 bits per heavy atom. The second-order valence-corrected chi connectivity index (χ2v) is 4.26. The summed E-state index contributed by atoms with van der Waals surface area (Å²) < 4.78 is 9.98. The Labute approximate surface area is 103 Å². The van der Waals surface area contributed by atoms with Gasteiger partial charge in [-0.15, -0.1) is 0 Å². The number of piperidine rings is 1. The molecule has 0 aliphatic carbocycles. The summed E-state index contributed by atoms with van der Waals surface area (Å²) in [6.07, 6.45) is 2.87. The number of nitrogens with one attached hydrogen (secondary N) is 1. The number of amides is 1. The number of nitrogens with zero attached hydrogens (tertiary/aromatic N) is 1. The van der Waals surface area contributed by atoms with Gasteiger partial charge in [0.05, 0.1) is 6.61 Å². The first-order chi connectivity index (χ1) is 8.27. The van der Waals surface area contributed by atoms with Crippen LogP contribution in [0.4, 0.5) is 4.79 Å². The average molecular weight is 244 g/mol. The molecule has 5 nitrogen and oxygen atoms in total. The quantitative estimate of drug-likeness (QED) is 0.714. The fraction of sp³-hybridized carbons (Fsp3) is 0.917. The van der Waals surface area contributed by atoms with Gasteiger partial charge in [-0.25, -0.2) is 4.79 Å². The van der Waals surface area contributed by atoms with Gasteiger partial charge in [0.25, 0.3) is 0 Å². The van der Waals surface area contributed by atoms with Crippen LogP contribution in [0, 0.1) is 0 Å². The molecule has 1 fully saturated rings. The Kier molecular flexibility index (Phi) is 6.96. The summed E-state index contributed by atoms with van der Waals surface area (Å²) in [5.74, 6) is 0. The predicted octanol–water partition coefficient (Wildman–Crippen LogP) is 1.23. The summed E-state index contributed by atoms with van der Waals surface area (Å²) in [5.41, 5.74) is 0. The fourth-order valence-electron chi connectivity index (χ4n) is 2.00. The van der Waals surface area contributed by atoms with E-state index in [2.05, 4.69) is 5.32 Å². The summed E-state index contributed by atoms with van der Waals surface area (Å²) in [6.45, 7) is 5.66. The zero-order chi connectivity index (χ0) is 12.5. The van der Waals surface area contributed by atoms with Crippen molar-refractivity contribution in [1.82, 2.24) is 10.2 Å². The van der Waals surface area contributed by atoms with Crippen LogP contribution in [-0.2, 0) is 9.47 Å². The molecular weight excluding hydrogens is 220 g/mol. The van der Waals surface area contributed by atoms with E-state index in [1.165, 1.54) is 0 Å². The van der Waals surface area contributed by atoms with Gasteiger partial charge in [-0.1, -0.05) is 0 Å². The second kappa shape index (κ2) is 8.31. The van der Waals surface area contributed by atoms with Crippen LogP contribution in [0.1, 0.15) is 26.2 Å². The first kappa shape index (κ1) is 14.3. The van der Waals surface area contributed by atoms with E-state index in [4.69, 9.17) is 9.47 Å². The summed E-state index contributed by atoms with van der Waals surface area (Å²) in [6, 6.07) is 0.525. The Bertz CT molecular complexity index is 216. The van der Waals surface area contributed by atoms with Crippen molar-refractivity contribution in [2.75, 3.05) is 40.0 Å². The van der Waals surface area contributed by atoms with Crippen LogP contribution < -0.4 is 5.32 Å². The van der Waals surface area contributed by atoms with Crippen LogP contribution in [0.15, 0.2) is 0 Å². The SMILES string of the molecule is CCOC(=O)N1CCC(NCCCOC)CC1. The highest BCUT2D eigenvalue weighted by Crippen LogP contribution is 2.11. The zero-order valence-electron chi connectivity index (χ0n) is 10.9. The molecule has 100 valence electrons. The van der Waals surface area contributed by atoms with Crippen molar-refractivity contribution in [3.8, 4) is 0 Å². The molecule has 0 aromatic heterocycles. The lowest BCUT2D eigenvalue weighted by Crippen LogP contribution is -2.45. The maximum absolute atomic E-state index is 11.5. The lowest BCUT2D eigenvalue weighted by Gasteiger charge is -2.31. The van der Waals surface area contributed by atoms with E-state index in [1.54, 1.807) is 12.0 Å². The molecule has 17 heavy (non-hydrogen) atoms. The Hall–Kier alpha value is -0.810. The molecule has 1 amide bonds. The van der Waals surface area contributed by atoms with Crippen LogP contribution >= 0.6 is 0 Å². The Morgan fingerprint density at radius 1 is 1.41 bits per heavy atom. The van der Waals surface area contributed by atoms with Crippen molar-refractivity contribution in [3.63, 3.8) is 0 Å². The first-order valence-electron chi connectivity index (χ1n) is 6.42. The minimum Gasteiger partial charge on any atom is -0.450 e. The van der Waals surface area contributed by atoms with Gasteiger partial charge in [-0.05, 0) is 32.7 Å². The summed E-state index contributed by atoms with van der Waals surface area (Å²) >= 11 is 0. The third kappa shape index (κ3) is 5.37. The Balaban J connectivity index is 2.11. The van der Waals surface area contributed by atoms with Gasteiger partial charge in [0.2, 0.25) is 0 Å². The molecular formula is C12H24N2O3. The van der Waals surface area contributed by atoms with E-state index in [1.807, 2.05) is 6.92 Å². The van der Waals surface area contributed by atoms with Gasteiger partial charge in [-0.3, -0.25) is 0 Å². The normalized spacial score (nSPS) is 17.2. The van der Waals surface area contributed by atoms with Gasteiger partial charge in [0.1, 0.15) is 0 Å². The third-order valence-electron chi connectivity index (χ3n) is 2.98. The van der Waals surface area contributed by atoms with E-state index in [9.17, 15) is 4.79 Å². The number of methoxy groups -OCH3 is 1. The van der Waals surface area contributed by atoms with Crippen molar-refractivity contribution < 1.29 is 14.3 Å². The van der Waals surface area contributed by atoms with E-state index in [-0.39, 0.29) is 6.09 Å². The molecule has 0 unspecified atom stereocenters. The van der Waals surface area contributed by atoms with Crippen LogP contribution in [-0.4, -0.2) is 57.0 Å². The number of carbonyl (C=O) groups is 1. The van der Waals surface area contributed by atoms with Gasteiger partial charge in [0, 0.05) is 32.8 Å². The number of carbonyl (C=O) groups excluding carboxylic acids is 1. The van der Waals surface area contributed by atoms with Crippen LogP contribution in [0.5, 0.6) is 0 Å². The van der Waals surface area contributed by atoms with Crippen LogP contribution in [0.2, 0.25) is 0 Å². The van der Waals surface area contributed by atoms with Crippen molar-refractivity contribution in [2.24, 2.45) is 0 Å². The highest BCUT2D eigenvalue weighted by molar-refractivity contribution is 5.67. The zero-order valence-corrected chi connectivity index (χ0v) is 10.9. The molecule has 1 N–H and O–H groups in total. The third-order valence-corrected chi connectivity index (χ3v) is 2.98. The fourth-order valence-corrected chi connectivity index (χ4v) is 2.00. The monoisotopic (exact) mass is 244 g/mol. The lowest BCUT2D eigenvalue weighted by atomic mass is 10.1. The number of ether oxygens (including phenoxy) is 2. The minimum absolute atomic E-state index is 0.176. The average Bonchev–Trinajstić information content (AvgIpc) is 2.36. The molecule has 0 bridgehead atoms. The summed E-state index contributed by atoms with van der Waals surface area (Å²) in [5, 5.41) is 3.49. The van der Waals surface area contributed by atoms with E-state index in [0.717, 1.165) is 45.5 Å². The smallest absolute Gasteiger partial charge is 0.409 e. The molecule has 0 aromatic carbocycles. The molecule has 0 saturated carbocycles. The molecule has 0 radical (unpaired) electrons. The minimum atomic E-state index is -0.176. The van der Waals surface area contributed by atoms with Crippen molar-refractivity contribution in [3.05, 3.63) is 0 Å². The molecule has 1 rings (SSSR count). The van der Waals surface area contributed by atoms with Crippen LogP contribution in [0.3, 0.4) is 0 Å². The Morgan fingerprint density at radius 2 is 2.12 bits per heavy atom. The summed E-state index contributed by atoms with van der Waals surface area (Å²) in [7, 11) is 1.72. The van der Waals surface area contributed by atoms with Gasteiger partial charge in [0.15, 0.2) is 0 Å². The molecule has 1 aliphatic rings. The molecule has 0 atom stereocenters. The van der Waals surface area contributed by atoms with E-state index < -0.39 is 0 Å². The predicted molar refractivity (Wildman–Crippen MR) is 66.1 cm³/mol. The highest BCUT2D eigenvalue weighted by atomic mass is 16.6. The van der Waals surface area contributed by atoms with E-state index >= 15 is 0 Å². The van der Waals surface area contributed by atoms with Crippen molar-refractivity contribution in [2.45, 2.75) is 32.2 Å². The van der Waals surface area contributed by atoms with Crippen molar-refractivity contribution in [1.29, 1.82) is 0 Å². The van der Waals surface area contributed by atoms with Gasteiger partial charge in [-0.2, -0.15) is 0 Å². The summed E-state index contributed by atoms with van der Waals surface area (Å²) in [4.78, 5) is 13.3.